The number of hydrogen-bond acceptors (Lipinski definition) is 3. The Morgan fingerprint density at radius 2 is 2.17 bits per heavy atom. The summed E-state index contributed by atoms with van der Waals surface area (Å²) in [5.74, 6) is 0.783. The molecule has 0 bridgehead atoms. The monoisotopic (exact) mass is 256 g/mol. The van der Waals surface area contributed by atoms with Gasteiger partial charge in [-0.1, -0.05) is 0 Å². The van der Waals surface area contributed by atoms with Gasteiger partial charge in [-0.3, -0.25) is 4.79 Å². The minimum absolute atomic E-state index is 0.127. The number of rotatable bonds is 5. The van der Waals surface area contributed by atoms with E-state index in [0.717, 1.165) is 26.2 Å². The molecule has 0 unspecified atom stereocenters. The molecule has 1 fully saturated rings. The molecule has 1 atom stereocenters. The fourth-order valence-corrected chi connectivity index (χ4v) is 2.47. The smallest absolute Gasteiger partial charge is 0.221 e. The normalized spacial score (nSPS) is 21.9. The number of carbonyl (C=O) groups is 1. The molecule has 1 saturated heterocycles. The second kappa shape index (κ2) is 7.10. The van der Waals surface area contributed by atoms with Gasteiger partial charge >= 0.3 is 0 Å². The van der Waals surface area contributed by atoms with Crippen molar-refractivity contribution in [3.05, 3.63) is 0 Å². The summed E-state index contributed by atoms with van der Waals surface area (Å²) in [6.07, 6.45) is 3.06. The fraction of sp³-hybridized carbons (Fsp3) is 0.929. The van der Waals surface area contributed by atoms with E-state index in [-0.39, 0.29) is 11.4 Å². The van der Waals surface area contributed by atoms with Gasteiger partial charge in [0.25, 0.3) is 0 Å². The zero-order chi connectivity index (χ0) is 13.6. The zero-order valence-corrected chi connectivity index (χ0v) is 12.3. The van der Waals surface area contributed by atoms with E-state index in [1.165, 1.54) is 12.8 Å². The topological polar surface area (TPSA) is 41.6 Å². The van der Waals surface area contributed by atoms with Gasteiger partial charge in [0.05, 0.1) is 6.61 Å². The number of methoxy groups -OCH3 is 1. The maximum Gasteiger partial charge on any atom is 0.221 e. The minimum atomic E-state index is -0.127. The average Bonchev–Trinajstić information content (AvgIpc) is 2.25. The van der Waals surface area contributed by atoms with Crippen molar-refractivity contribution in [2.75, 3.05) is 33.4 Å². The summed E-state index contributed by atoms with van der Waals surface area (Å²) in [7, 11) is 1.76. The molecule has 0 saturated carbocycles. The highest BCUT2D eigenvalue weighted by Gasteiger charge is 2.21. The van der Waals surface area contributed by atoms with E-state index in [2.05, 4.69) is 10.2 Å². The molecule has 0 aromatic rings. The molecule has 106 valence electrons. The largest absolute Gasteiger partial charge is 0.384 e. The quantitative estimate of drug-likeness (QED) is 0.813. The summed E-state index contributed by atoms with van der Waals surface area (Å²) in [5, 5.41) is 3.00. The van der Waals surface area contributed by atoms with Gasteiger partial charge in [-0.25, -0.2) is 0 Å². The summed E-state index contributed by atoms with van der Waals surface area (Å²) in [6, 6.07) is 0. The number of amides is 1. The number of piperidine rings is 1. The van der Waals surface area contributed by atoms with Crippen LogP contribution >= 0.6 is 0 Å². The Hall–Kier alpha value is -0.610. The second-order valence-corrected chi connectivity index (χ2v) is 6.31. The van der Waals surface area contributed by atoms with Gasteiger partial charge in [0.15, 0.2) is 0 Å². The van der Waals surface area contributed by atoms with Crippen molar-refractivity contribution in [2.45, 2.75) is 45.6 Å². The molecule has 0 aromatic carbocycles. The van der Waals surface area contributed by atoms with Crippen LogP contribution in [0.15, 0.2) is 0 Å². The molecule has 0 radical (unpaired) electrons. The zero-order valence-electron chi connectivity index (χ0n) is 12.3. The van der Waals surface area contributed by atoms with Gasteiger partial charge in [-0.2, -0.15) is 0 Å². The van der Waals surface area contributed by atoms with Crippen molar-refractivity contribution in [1.29, 1.82) is 0 Å². The van der Waals surface area contributed by atoms with E-state index < -0.39 is 0 Å². The number of ether oxygens (including phenoxy) is 1. The second-order valence-electron chi connectivity index (χ2n) is 6.31. The van der Waals surface area contributed by atoms with Crippen LogP contribution in [-0.2, 0) is 9.53 Å². The molecule has 0 spiro atoms. The first-order chi connectivity index (χ1) is 8.40. The highest BCUT2D eigenvalue weighted by Crippen LogP contribution is 2.16. The number of carbonyl (C=O) groups excluding carboxylic acids is 1. The van der Waals surface area contributed by atoms with E-state index in [1.54, 1.807) is 7.11 Å². The maximum atomic E-state index is 11.7. The number of hydrogen-bond donors (Lipinski definition) is 1. The lowest BCUT2D eigenvalue weighted by atomic mass is 9.99. The van der Waals surface area contributed by atoms with Crippen LogP contribution in [0, 0.1) is 5.92 Å². The number of nitrogens with one attached hydrogen (secondary N) is 1. The van der Waals surface area contributed by atoms with Crippen LogP contribution in [0.2, 0.25) is 0 Å². The molecular weight excluding hydrogens is 228 g/mol. The van der Waals surface area contributed by atoms with Gasteiger partial charge in [0.1, 0.15) is 0 Å². The van der Waals surface area contributed by atoms with Crippen LogP contribution in [0.25, 0.3) is 0 Å². The van der Waals surface area contributed by atoms with Crippen LogP contribution in [0.4, 0.5) is 0 Å². The summed E-state index contributed by atoms with van der Waals surface area (Å²) in [4.78, 5) is 14.1. The molecule has 18 heavy (non-hydrogen) atoms. The Balaban J connectivity index is 2.24. The standard InChI is InChI=1S/C14H28N2O2/c1-14(2,3)15-13(17)7-9-16-8-5-6-12(10-16)11-18-4/h12H,5-11H2,1-4H3,(H,15,17)/t12-/m1/s1. The Kier molecular flexibility index (Phi) is 6.09. The predicted octanol–water partition coefficient (Wildman–Crippen LogP) is 1.65. The Bertz CT molecular complexity index is 259. The molecular formula is C14H28N2O2. The number of nitrogens with zero attached hydrogens (tertiary/aromatic N) is 1. The Morgan fingerprint density at radius 3 is 2.78 bits per heavy atom. The van der Waals surface area contributed by atoms with Gasteiger partial charge in [0, 0.05) is 32.2 Å². The first-order valence-electron chi connectivity index (χ1n) is 6.93. The van der Waals surface area contributed by atoms with Crippen molar-refractivity contribution in [2.24, 2.45) is 5.92 Å². The molecule has 1 aliphatic rings. The van der Waals surface area contributed by atoms with Crippen molar-refractivity contribution < 1.29 is 9.53 Å². The highest BCUT2D eigenvalue weighted by molar-refractivity contribution is 5.76. The van der Waals surface area contributed by atoms with E-state index in [9.17, 15) is 4.79 Å². The van der Waals surface area contributed by atoms with Crippen molar-refractivity contribution in [1.82, 2.24) is 10.2 Å². The summed E-state index contributed by atoms with van der Waals surface area (Å²) >= 11 is 0. The molecule has 1 amide bonds. The predicted molar refractivity (Wildman–Crippen MR) is 73.6 cm³/mol. The summed E-state index contributed by atoms with van der Waals surface area (Å²) in [5.41, 5.74) is -0.127. The fourth-order valence-electron chi connectivity index (χ4n) is 2.47. The van der Waals surface area contributed by atoms with Crippen LogP contribution < -0.4 is 5.32 Å². The first kappa shape index (κ1) is 15.4. The van der Waals surface area contributed by atoms with Gasteiger partial charge in [0.2, 0.25) is 5.91 Å². The Labute approximate surface area is 111 Å². The van der Waals surface area contributed by atoms with Gasteiger partial charge in [-0.05, 0) is 46.1 Å². The molecule has 1 N–H and O–H groups in total. The van der Waals surface area contributed by atoms with Crippen LogP contribution in [-0.4, -0.2) is 49.7 Å². The van der Waals surface area contributed by atoms with Crippen molar-refractivity contribution >= 4 is 5.91 Å². The SMILES string of the molecule is COC[C@@H]1CCCN(CCC(=O)NC(C)(C)C)C1. The number of likely N-dealkylation sites (tertiary alicyclic amines) is 1. The molecule has 1 rings (SSSR count). The van der Waals surface area contributed by atoms with Crippen molar-refractivity contribution in [3.63, 3.8) is 0 Å². The third-order valence-electron chi connectivity index (χ3n) is 3.17. The molecule has 1 heterocycles. The van der Waals surface area contributed by atoms with Gasteiger partial charge in [-0.15, -0.1) is 0 Å². The summed E-state index contributed by atoms with van der Waals surface area (Å²) in [6.45, 7) is 9.92. The van der Waals surface area contributed by atoms with Crippen LogP contribution in [0.3, 0.4) is 0 Å². The summed E-state index contributed by atoms with van der Waals surface area (Å²) < 4.78 is 5.22. The molecule has 0 aromatic heterocycles. The first-order valence-corrected chi connectivity index (χ1v) is 6.93. The van der Waals surface area contributed by atoms with Gasteiger partial charge < -0.3 is 15.0 Å². The molecule has 0 aliphatic carbocycles. The average molecular weight is 256 g/mol. The van der Waals surface area contributed by atoms with Crippen molar-refractivity contribution in [3.8, 4) is 0 Å². The lowest BCUT2D eigenvalue weighted by Crippen LogP contribution is -2.43. The third-order valence-corrected chi connectivity index (χ3v) is 3.17. The van der Waals surface area contributed by atoms with E-state index in [4.69, 9.17) is 4.74 Å². The van der Waals surface area contributed by atoms with Crippen LogP contribution in [0.1, 0.15) is 40.0 Å². The van der Waals surface area contributed by atoms with E-state index in [1.807, 2.05) is 20.8 Å². The highest BCUT2D eigenvalue weighted by atomic mass is 16.5. The van der Waals surface area contributed by atoms with Crippen LogP contribution in [0.5, 0.6) is 0 Å². The molecule has 4 heteroatoms. The molecule has 4 nitrogen and oxygen atoms in total. The third kappa shape index (κ3) is 6.36. The minimum Gasteiger partial charge on any atom is -0.384 e. The maximum absolute atomic E-state index is 11.7. The lowest BCUT2D eigenvalue weighted by molar-refractivity contribution is -0.122. The molecule has 1 aliphatic heterocycles. The Morgan fingerprint density at radius 1 is 1.44 bits per heavy atom. The lowest BCUT2D eigenvalue weighted by Gasteiger charge is -2.32. The van der Waals surface area contributed by atoms with E-state index >= 15 is 0 Å². The van der Waals surface area contributed by atoms with E-state index in [0.29, 0.717) is 12.3 Å².